The zero-order chi connectivity index (χ0) is 15.3. The fraction of sp³-hybridized carbons (Fsp3) is 0.222. The molecular weight excluding hydrogens is 337 g/mol. The second-order valence-electron chi connectivity index (χ2n) is 5.81. The Hall–Kier alpha value is -1.15. The number of para-hydroxylation sites is 1. The quantitative estimate of drug-likeness (QED) is 0.581. The minimum atomic E-state index is 0.0635. The third kappa shape index (κ3) is 2.15. The van der Waals surface area contributed by atoms with E-state index in [1.165, 1.54) is 5.56 Å². The van der Waals surface area contributed by atoms with Gasteiger partial charge in [-0.1, -0.05) is 65.2 Å². The molecule has 1 N–H and O–H groups in total. The molecule has 3 unspecified atom stereocenters. The summed E-state index contributed by atoms with van der Waals surface area (Å²) in [7, 11) is 0. The summed E-state index contributed by atoms with van der Waals surface area (Å²) in [4.78, 5) is 0. The molecule has 112 valence electrons. The minimum absolute atomic E-state index is 0.0635. The van der Waals surface area contributed by atoms with Crippen LogP contribution in [-0.4, -0.2) is 0 Å². The fourth-order valence-electron chi connectivity index (χ4n) is 3.68. The van der Waals surface area contributed by atoms with E-state index in [1.54, 1.807) is 0 Å². The molecule has 4 heteroatoms. The first-order valence-corrected chi connectivity index (χ1v) is 8.45. The number of fused-ring (bicyclic) bond motifs is 3. The lowest BCUT2D eigenvalue weighted by molar-refractivity contribution is 0.426. The Labute approximate surface area is 144 Å². The lowest BCUT2D eigenvalue weighted by Gasteiger charge is -2.38. The first kappa shape index (κ1) is 14.4. The Kier molecular flexibility index (Phi) is 3.60. The van der Waals surface area contributed by atoms with Crippen LogP contribution in [0.3, 0.4) is 0 Å². The van der Waals surface area contributed by atoms with Gasteiger partial charge in [0.05, 0.1) is 16.8 Å². The van der Waals surface area contributed by atoms with Crippen molar-refractivity contribution in [3.05, 3.63) is 74.7 Å². The third-order valence-electron chi connectivity index (χ3n) is 4.66. The van der Waals surface area contributed by atoms with Gasteiger partial charge in [0, 0.05) is 21.5 Å². The maximum Gasteiger partial charge on any atom is 0.0640 e. The van der Waals surface area contributed by atoms with Crippen molar-refractivity contribution in [3.8, 4) is 0 Å². The second-order valence-corrected chi connectivity index (χ2v) is 7.04. The third-order valence-corrected chi connectivity index (χ3v) is 5.63. The summed E-state index contributed by atoms with van der Waals surface area (Å²) in [6.07, 6.45) is 5.53. The Morgan fingerprint density at radius 3 is 2.36 bits per heavy atom. The highest BCUT2D eigenvalue weighted by molar-refractivity contribution is 6.36. The summed E-state index contributed by atoms with van der Waals surface area (Å²) in [5.41, 5.74) is 3.22. The monoisotopic (exact) mass is 349 g/mol. The molecule has 0 saturated heterocycles. The summed E-state index contributed by atoms with van der Waals surface area (Å²) >= 11 is 19.3. The van der Waals surface area contributed by atoms with E-state index in [4.69, 9.17) is 34.8 Å². The summed E-state index contributed by atoms with van der Waals surface area (Å²) in [5.74, 6) is 0.760. The SMILES string of the molecule is Clc1cccc2c1NC(c1c(Cl)cccc1Cl)C1CC=CC21. The zero-order valence-corrected chi connectivity index (χ0v) is 14.0. The lowest BCUT2D eigenvalue weighted by atomic mass is 9.77. The van der Waals surface area contributed by atoms with Crippen LogP contribution in [0.25, 0.3) is 0 Å². The molecule has 1 heterocycles. The number of allylic oxidation sites excluding steroid dienone is 2. The molecule has 0 amide bonds. The molecule has 22 heavy (non-hydrogen) atoms. The van der Waals surface area contributed by atoms with Crippen molar-refractivity contribution in [2.45, 2.75) is 18.4 Å². The molecule has 1 aliphatic carbocycles. The molecule has 1 nitrogen and oxygen atoms in total. The smallest absolute Gasteiger partial charge is 0.0640 e. The average Bonchev–Trinajstić information content (AvgIpc) is 2.98. The van der Waals surface area contributed by atoms with E-state index in [0.717, 1.165) is 22.7 Å². The summed E-state index contributed by atoms with van der Waals surface area (Å²) in [5, 5.41) is 5.73. The van der Waals surface area contributed by atoms with E-state index in [9.17, 15) is 0 Å². The van der Waals surface area contributed by atoms with Crippen molar-refractivity contribution in [1.82, 2.24) is 0 Å². The molecule has 0 radical (unpaired) electrons. The molecule has 2 aromatic rings. The highest BCUT2D eigenvalue weighted by Gasteiger charge is 2.39. The molecular formula is C18H14Cl3N. The Balaban J connectivity index is 1.88. The number of benzene rings is 2. The van der Waals surface area contributed by atoms with Crippen LogP contribution >= 0.6 is 34.8 Å². The molecule has 0 spiro atoms. The minimum Gasteiger partial charge on any atom is -0.376 e. The summed E-state index contributed by atoms with van der Waals surface area (Å²) < 4.78 is 0. The maximum atomic E-state index is 6.44. The van der Waals surface area contributed by atoms with Crippen LogP contribution in [0.1, 0.15) is 29.5 Å². The van der Waals surface area contributed by atoms with Crippen LogP contribution in [0.5, 0.6) is 0 Å². The van der Waals surface area contributed by atoms with Crippen molar-refractivity contribution in [2.24, 2.45) is 5.92 Å². The van der Waals surface area contributed by atoms with Gasteiger partial charge >= 0.3 is 0 Å². The van der Waals surface area contributed by atoms with Crippen molar-refractivity contribution >= 4 is 40.5 Å². The van der Waals surface area contributed by atoms with Gasteiger partial charge in [-0.3, -0.25) is 0 Å². The number of anilines is 1. The van der Waals surface area contributed by atoms with E-state index >= 15 is 0 Å². The van der Waals surface area contributed by atoms with Gasteiger partial charge in [-0.25, -0.2) is 0 Å². The molecule has 0 bridgehead atoms. The van der Waals surface area contributed by atoms with Crippen LogP contribution in [0.4, 0.5) is 5.69 Å². The number of hydrogen-bond donors (Lipinski definition) is 1. The topological polar surface area (TPSA) is 12.0 Å². The first-order chi connectivity index (χ1) is 10.7. The fourth-order valence-corrected chi connectivity index (χ4v) is 4.55. The van der Waals surface area contributed by atoms with Crippen molar-refractivity contribution in [1.29, 1.82) is 0 Å². The van der Waals surface area contributed by atoms with Gasteiger partial charge in [-0.15, -0.1) is 0 Å². The van der Waals surface area contributed by atoms with E-state index < -0.39 is 0 Å². The molecule has 0 aromatic heterocycles. The molecule has 3 atom stereocenters. The molecule has 2 aromatic carbocycles. The van der Waals surface area contributed by atoms with Crippen molar-refractivity contribution in [3.63, 3.8) is 0 Å². The Morgan fingerprint density at radius 1 is 0.909 bits per heavy atom. The second kappa shape index (κ2) is 5.49. The van der Waals surface area contributed by atoms with Crippen LogP contribution < -0.4 is 5.32 Å². The molecule has 4 rings (SSSR count). The Morgan fingerprint density at radius 2 is 1.59 bits per heavy atom. The van der Waals surface area contributed by atoms with Crippen LogP contribution in [0.2, 0.25) is 15.1 Å². The van der Waals surface area contributed by atoms with E-state index in [-0.39, 0.29) is 6.04 Å². The Bertz CT molecular complexity index is 749. The molecule has 2 aliphatic rings. The van der Waals surface area contributed by atoms with Gasteiger partial charge in [0.15, 0.2) is 0 Å². The highest BCUT2D eigenvalue weighted by atomic mass is 35.5. The van der Waals surface area contributed by atoms with Gasteiger partial charge in [-0.05, 0) is 36.1 Å². The number of halogens is 3. The van der Waals surface area contributed by atoms with E-state index in [2.05, 4.69) is 23.5 Å². The molecule has 0 saturated carbocycles. The zero-order valence-electron chi connectivity index (χ0n) is 11.7. The number of nitrogens with one attached hydrogen (secondary N) is 1. The van der Waals surface area contributed by atoms with Crippen molar-refractivity contribution < 1.29 is 0 Å². The van der Waals surface area contributed by atoms with Gasteiger partial charge in [0.2, 0.25) is 0 Å². The van der Waals surface area contributed by atoms with Gasteiger partial charge in [0.1, 0.15) is 0 Å². The predicted octanol–water partition coefficient (Wildman–Crippen LogP) is 6.47. The highest BCUT2D eigenvalue weighted by Crippen LogP contribution is 2.53. The lowest BCUT2D eigenvalue weighted by Crippen LogP contribution is -2.29. The van der Waals surface area contributed by atoms with Crippen LogP contribution in [0, 0.1) is 5.92 Å². The molecule has 0 fully saturated rings. The summed E-state index contributed by atoms with van der Waals surface area (Å²) in [6, 6.07) is 11.8. The first-order valence-electron chi connectivity index (χ1n) is 7.32. The average molecular weight is 351 g/mol. The maximum absolute atomic E-state index is 6.44. The number of rotatable bonds is 1. The number of hydrogen-bond acceptors (Lipinski definition) is 1. The normalized spacial score (nSPS) is 25.5. The largest absolute Gasteiger partial charge is 0.376 e. The van der Waals surface area contributed by atoms with E-state index in [1.807, 2.05) is 30.3 Å². The van der Waals surface area contributed by atoms with Crippen LogP contribution in [0.15, 0.2) is 48.6 Å². The van der Waals surface area contributed by atoms with Gasteiger partial charge < -0.3 is 5.32 Å². The van der Waals surface area contributed by atoms with E-state index in [0.29, 0.717) is 21.9 Å². The van der Waals surface area contributed by atoms with Gasteiger partial charge in [-0.2, -0.15) is 0 Å². The predicted molar refractivity (Wildman–Crippen MR) is 94.3 cm³/mol. The van der Waals surface area contributed by atoms with Gasteiger partial charge in [0.25, 0.3) is 0 Å². The summed E-state index contributed by atoms with van der Waals surface area (Å²) in [6.45, 7) is 0. The van der Waals surface area contributed by atoms with Crippen molar-refractivity contribution in [2.75, 3.05) is 5.32 Å². The standard InChI is InChI=1S/C18H14Cl3N/c19-13-7-3-8-14(20)16(13)18-12-5-1-4-10(12)11-6-2-9-15(21)17(11)22-18/h1-4,6-10,12,18,22H,5H2. The van der Waals surface area contributed by atoms with Crippen LogP contribution in [-0.2, 0) is 0 Å². The molecule has 1 aliphatic heterocycles.